The first-order chi connectivity index (χ1) is 9.37. The van der Waals surface area contributed by atoms with Gasteiger partial charge in [-0.2, -0.15) is 5.26 Å². The Morgan fingerprint density at radius 2 is 1.85 bits per heavy atom. The van der Waals surface area contributed by atoms with E-state index < -0.39 is 5.97 Å². The average Bonchev–Trinajstić information content (AvgIpc) is 2.35. The molecule has 0 spiro atoms. The lowest BCUT2D eigenvalue weighted by Crippen LogP contribution is -2.51. The third-order valence-corrected chi connectivity index (χ3v) is 5.72. The van der Waals surface area contributed by atoms with Crippen LogP contribution in [0.15, 0.2) is 11.3 Å². The molecule has 4 rings (SSSR count). The molecule has 4 aliphatic carbocycles. The van der Waals surface area contributed by atoms with E-state index >= 15 is 0 Å². The van der Waals surface area contributed by atoms with Gasteiger partial charge >= 0.3 is 5.97 Å². The fourth-order valence-corrected chi connectivity index (χ4v) is 5.40. The van der Waals surface area contributed by atoms with Gasteiger partial charge in [0.15, 0.2) is 0 Å². The van der Waals surface area contributed by atoms with E-state index in [1.165, 1.54) is 13.3 Å². The van der Waals surface area contributed by atoms with E-state index in [-0.39, 0.29) is 22.2 Å². The van der Waals surface area contributed by atoms with E-state index in [0.717, 1.165) is 32.1 Å². The van der Waals surface area contributed by atoms with Gasteiger partial charge in [-0.05, 0) is 62.7 Å². The summed E-state index contributed by atoms with van der Waals surface area (Å²) in [5.41, 5.74) is -0.200. The topological polar surface area (TPSA) is 81.3 Å². The van der Waals surface area contributed by atoms with Gasteiger partial charge in [0.25, 0.3) is 0 Å². The molecule has 0 aromatic heterocycles. The zero-order valence-electron chi connectivity index (χ0n) is 11.9. The van der Waals surface area contributed by atoms with Crippen LogP contribution >= 0.6 is 0 Å². The molecule has 20 heavy (non-hydrogen) atoms. The normalized spacial score (nSPS) is 43.0. The number of carboxylic acid groups (broad SMARTS) is 1. The van der Waals surface area contributed by atoms with Crippen molar-refractivity contribution >= 4 is 5.97 Å². The highest BCUT2D eigenvalue weighted by atomic mass is 16.4. The Balaban J connectivity index is 1.88. The van der Waals surface area contributed by atoms with Crippen molar-refractivity contribution in [2.24, 2.45) is 22.7 Å². The summed E-state index contributed by atoms with van der Waals surface area (Å²) in [6, 6.07) is 2.55. The number of hydrogen-bond donors (Lipinski definition) is 2. The maximum Gasteiger partial charge on any atom is 0.334 e. The molecule has 4 fully saturated rings. The molecule has 0 amide bonds. The van der Waals surface area contributed by atoms with Crippen LogP contribution in [0.3, 0.4) is 0 Å². The van der Waals surface area contributed by atoms with E-state index in [2.05, 4.69) is 6.07 Å². The summed E-state index contributed by atoms with van der Waals surface area (Å²) in [5, 5.41) is 28.7. The van der Waals surface area contributed by atoms with E-state index in [1.54, 1.807) is 0 Å². The fourth-order valence-electron chi connectivity index (χ4n) is 5.40. The van der Waals surface area contributed by atoms with Gasteiger partial charge in [-0.3, -0.25) is 0 Å². The number of nitriles is 1. The molecule has 4 saturated carbocycles. The maximum absolute atomic E-state index is 11.0. The number of aliphatic carboxylic acids is 1. The molecular weight excluding hydrogens is 254 g/mol. The van der Waals surface area contributed by atoms with Gasteiger partial charge in [-0.1, -0.05) is 0 Å². The summed E-state index contributed by atoms with van der Waals surface area (Å²) in [6.07, 6.45) is 6.58. The molecule has 108 valence electrons. The first-order valence-corrected chi connectivity index (χ1v) is 7.40. The molecule has 2 atom stereocenters. The van der Waals surface area contributed by atoms with Crippen molar-refractivity contribution in [3.05, 3.63) is 11.3 Å². The highest BCUT2D eigenvalue weighted by Crippen LogP contribution is 2.66. The summed E-state index contributed by atoms with van der Waals surface area (Å²) < 4.78 is 0. The lowest BCUT2D eigenvalue weighted by molar-refractivity contribution is -0.132. The zero-order valence-corrected chi connectivity index (χ0v) is 11.9. The quantitative estimate of drug-likeness (QED) is 0.611. The summed E-state index contributed by atoms with van der Waals surface area (Å²) in [4.78, 5) is 11.0. The average molecular weight is 275 g/mol. The second-order valence-corrected chi connectivity index (χ2v) is 7.41. The number of carboxylic acids is 1. The maximum atomic E-state index is 11.0. The van der Waals surface area contributed by atoms with Crippen LogP contribution in [0.5, 0.6) is 0 Å². The highest BCUT2D eigenvalue weighted by molar-refractivity contribution is 5.86. The Morgan fingerprint density at radius 1 is 1.25 bits per heavy atom. The van der Waals surface area contributed by atoms with Gasteiger partial charge in [0.05, 0.1) is 17.1 Å². The number of aliphatic hydroxyl groups is 1. The lowest BCUT2D eigenvalue weighted by atomic mass is 9.44. The van der Waals surface area contributed by atoms with Gasteiger partial charge in [-0.25, -0.2) is 4.79 Å². The monoisotopic (exact) mass is 275 g/mol. The van der Waals surface area contributed by atoms with Crippen molar-refractivity contribution in [1.29, 1.82) is 5.26 Å². The van der Waals surface area contributed by atoms with Crippen LogP contribution in [0, 0.1) is 34.0 Å². The Labute approximate surface area is 119 Å². The molecule has 2 N–H and O–H groups in total. The minimum Gasteiger partial charge on any atom is -0.512 e. The minimum atomic E-state index is -1.05. The lowest BCUT2D eigenvalue weighted by Gasteiger charge is -2.60. The molecule has 4 bridgehead atoms. The van der Waals surface area contributed by atoms with Crippen LogP contribution in [0.1, 0.15) is 51.9 Å². The Hall–Kier alpha value is -1.50. The van der Waals surface area contributed by atoms with Crippen molar-refractivity contribution in [2.45, 2.75) is 51.9 Å². The van der Waals surface area contributed by atoms with Crippen LogP contribution in [-0.4, -0.2) is 16.2 Å². The van der Waals surface area contributed by atoms with E-state index in [0.29, 0.717) is 18.3 Å². The summed E-state index contributed by atoms with van der Waals surface area (Å²) in [7, 11) is 0. The number of hydrogen-bond acceptors (Lipinski definition) is 3. The molecule has 0 aromatic carbocycles. The molecular formula is C16H21NO3. The van der Waals surface area contributed by atoms with Gasteiger partial charge in [0, 0.05) is 6.42 Å². The highest BCUT2D eigenvalue weighted by Gasteiger charge is 2.58. The second-order valence-electron chi connectivity index (χ2n) is 7.41. The largest absolute Gasteiger partial charge is 0.512 e. The number of carbonyl (C=O) groups is 1. The smallest absolute Gasteiger partial charge is 0.334 e. The van der Waals surface area contributed by atoms with Gasteiger partial charge in [0.2, 0.25) is 0 Å². The Bertz CT molecular complexity index is 514. The molecule has 2 unspecified atom stereocenters. The summed E-state index contributed by atoms with van der Waals surface area (Å²) in [5.74, 6) is 0.137. The predicted octanol–water partition coefficient (Wildman–Crippen LogP) is 3.40. The third kappa shape index (κ3) is 2.00. The van der Waals surface area contributed by atoms with Crippen LogP contribution in [0.25, 0.3) is 0 Å². The van der Waals surface area contributed by atoms with Crippen molar-refractivity contribution in [1.82, 2.24) is 0 Å². The zero-order chi connectivity index (χ0) is 14.5. The standard InChI is InChI=1S/C16H21NO3/c1-10(14(19)20)13(18)7-15-3-11-2-12(4-15)6-16(5-11,8-15)9-17/h11-12,18H,2-8H2,1H3,(H,19,20). The van der Waals surface area contributed by atoms with Crippen LogP contribution in [0.4, 0.5) is 0 Å². The third-order valence-electron chi connectivity index (χ3n) is 5.72. The first kappa shape index (κ1) is 13.5. The molecule has 4 nitrogen and oxygen atoms in total. The van der Waals surface area contributed by atoms with Crippen molar-refractivity contribution in [3.63, 3.8) is 0 Å². The minimum absolute atomic E-state index is 0.00698. The van der Waals surface area contributed by atoms with Crippen molar-refractivity contribution in [3.8, 4) is 6.07 Å². The van der Waals surface area contributed by atoms with Gasteiger partial charge < -0.3 is 10.2 Å². The Kier molecular flexibility index (Phi) is 2.86. The number of aliphatic hydroxyl groups excluding tert-OH is 1. The summed E-state index contributed by atoms with van der Waals surface area (Å²) >= 11 is 0. The fraction of sp³-hybridized carbons (Fsp3) is 0.750. The molecule has 4 aliphatic rings. The molecule has 0 aliphatic heterocycles. The van der Waals surface area contributed by atoms with Gasteiger partial charge in [0.1, 0.15) is 5.76 Å². The second kappa shape index (κ2) is 4.25. The van der Waals surface area contributed by atoms with Gasteiger partial charge in [-0.15, -0.1) is 0 Å². The van der Waals surface area contributed by atoms with E-state index in [9.17, 15) is 15.2 Å². The number of nitrogens with zero attached hydrogens (tertiary/aromatic N) is 1. The predicted molar refractivity (Wildman–Crippen MR) is 72.7 cm³/mol. The SMILES string of the molecule is CC(C(=O)O)=C(O)CC12CC3CC(CC(C#N)(C3)C1)C2. The van der Waals surface area contributed by atoms with Crippen molar-refractivity contribution in [2.75, 3.05) is 0 Å². The molecule has 0 radical (unpaired) electrons. The molecule has 0 heterocycles. The van der Waals surface area contributed by atoms with Crippen molar-refractivity contribution < 1.29 is 15.0 Å². The summed E-state index contributed by atoms with van der Waals surface area (Å²) in [6.45, 7) is 1.46. The van der Waals surface area contributed by atoms with E-state index in [4.69, 9.17) is 5.11 Å². The van der Waals surface area contributed by atoms with Crippen LogP contribution in [0.2, 0.25) is 0 Å². The van der Waals surface area contributed by atoms with E-state index in [1.807, 2.05) is 0 Å². The number of allylic oxidation sites excluding steroid dienone is 1. The molecule has 4 heteroatoms. The number of rotatable bonds is 3. The molecule has 0 aromatic rings. The Morgan fingerprint density at radius 3 is 2.35 bits per heavy atom. The first-order valence-electron chi connectivity index (χ1n) is 7.40. The molecule has 0 saturated heterocycles. The van der Waals surface area contributed by atoms with Crippen LogP contribution in [-0.2, 0) is 4.79 Å². The van der Waals surface area contributed by atoms with Crippen LogP contribution < -0.4 is 0 Å².